The van der Waals surface area contributed by atoms with E-state index >= 15 is 0 Å². The standard InChI is InChI=1S/C21H22N6O2/c1-13-16(24-12-23-13)11-17(28)27-9-7-21(18(27)19-22-8-10-26(19)2)14-5-3-4-6-15(14)25-20(21)29/h3-6,8,10,12,18H,7,9,11H2,1-2H3,(H,23,24)(H,25,29)/t18-,21+/m0/s1. The molecule has 5 rings (SSSR count). The zero-order chi connectivity index (χ0) is 20.2. The van der Waals surface area contributed by atoms with Crippen LogP contribution in [0.15, 0.2) is 43.0 Å². The quantitative estimate of drug-likeness (QED) is 0.713. The third-order valence-electron chi connectivity index (χ3n) is 6.26. The molecule has 8 nitrogen and oxygen atoms in total. The Balaban J connectivity index is 1.61. The van der Waals surface area contributed by atoms with E-state index in [-0.39, 0.29) is 18.2 Å². The number of hydrogen-bond acceptors (Lipinski definition) is 4. The number of amides is 2. The molecule has 0 bridgehead atoms. The van der Waals surface area contributed by atoms with Crippen LogP contribution in [0.25, 0.3) is 0 Å². The molecule has 2 aliphatic heterocycles. The van der Waals surface area contributed by atoms with Crippen molar-refractivity contribution in [2.45, 2.75) is 31.2 Å². The number of carbonyl (C=O) groups is 2. The van der Waals surface area contributed by atoms with Crippen molar-refractivity contribution >= 4 is 17.5 Å². The predicted molar refractivity (Wildman–Crippen MR) is 106 cm³/mol. The number of likely N-dealkylation sites (tertiary alicyclic amines) is 1. The van der Waals surface area contributed by atoms with Crippen molar-refractivity contribution in [3.05, 3.63) is 65.8 Å². The first-order valence-corrected chi connectivity index (χ1v) is 9.69. The van der Waals surface area contributed by atoms with E-state index in [9.17, 15) is 9.59 Å². The minimum atomic E-state index is -0.841. The lowest BCUT2D eigenvalue weighted by atomic mass is 9.74. The van der Waals surface area contributed by atoms with Gasteiger partial charge in [0.25, 0.3) is 0 Å². The second kappa shape index (κ2) is 6.30. The van der Waals surface area contributed by atoms with Crippen molar-refractivity contribution in [3.8, 4) is 0 Å². The molecule has 4 heterocycles. The Morgan fingerprint density at radius 1 is 1.31 bits per heavy atom. The van der Waals surface area contributed by atoms with Gasteiger partial charge in [0.1, 0.15) is 17.3 Å². The summed E-state index contributed by atoms with van der Waals surface area (Å²) in [7, 11) is 1.90. The van der Waals surface area contributed by atoms with Crippen molar-refractivity contribution in [2.75, 3.05) is 11.9 Å². The summed E-state index contributed by atoms with van der Waals surface area (Å²) in [6.45, 7) is 2.39. The Morgan fingerprint density at radius 2 is 2.14 bits per heavy atom. The average Bonchev–Trinajstić information content (AvgIpc) is 3.45. The molecule has 2 N–H and O–H groups in total. The summed E-state index contributed by atoms with van der Waals surface area (Å²) in [6.07, 6.45) is 5.90. The maximum absolute atomic E-state index is 13.3. The van der Waals surface area contributed by atoms with Gasteiger partial charge in [0.05, 0.1) is 18.4 Å². The number of anilines is 1. The molecule has 1 spiro atoms. The lowest BCUT2D eigenvalue weighted by molar-refractivity contribution is -0.133. The number of fused-ring (bicyclic) bond motifs is 2. The summed E-state index contributed by atoms with van der Waals surface area (Å²) in [5.74, 6) is 0.585. The highest BCUT2D eigenvalue weighted by molar-refractivity contribution is 6.07. The van der Waals surface area contributed by atoms with Gasteiger partial charge in [-0.2, -0.15) is 0 Å². The molecule has 29 heavy (non-hydrogen) atoms. The highest BCUT2D eigenvalue weighted by Gasteiger charge is 2.60. The molecule has 1 fully saturated rings. The molecular formula is C21H22N6O2. The normalized spacial score (nSPS) is 22.9. The van der Waals surface area contributed by atoms with Crippen LogP contribution in [-0.2, 0) is 28.5 Å². The van der Waals surface area contributed by atoms with Gasteiger partial charge >= 0.3 is 0 Å². The van der Waals surface area contributed by atoms with E-state index in [1.165, 1.54) is 0 Å². The van der Waals surface area contributed by atoms with Gasteiger partial charge in [0.2, 0.25) is 11.8 Å². The molecule has 2 atom stereocenters. The zero-order valence-electron chi connectivity index (χ0n) is 16.3. The van der Waals surface area contributed by atoms with Crippen molar-refractivity contribution < 1.29 is 9.59 Å². The van der Waals surface area contributed by atoms with E-state index in [4.69, 9.17) is 0 Å². The van der Waals surface area contributed by atoms with Crippen LogP contribution < -0.4 is 5.32 Å². The molecule has 2 aliphatic rings. The van der Waals surface area contributed by atoms with Gasteiger partial charge in [0.15, 0.2) is 0 Å². The highest BCUT2D eigenvalue weighted by Crippen LogP contribution is 2.54. The number of para-hydroxylation sites is 1. The van der Waals surface area contributed by atoms with Crippen LogP contribution in [-0.4, -0.2) is 42.8 Å². The second-order valence-corrected chi connectivity index (χ2v) is 7.76. The molecule has 0 saturated carbocycles. The monoisotopic (exact) mass is 390 g/mol. The van der Waals surface area contributed by atoms with E-state index in [0.717, 1.165) is 22.6 Å². The summed E-state index contributed by atoms with van der Waals surface area (Å²) in [4.78, 5) is 40.3. The van der Waals surface area contributed by atoms with Gasteiger partial charge in [-0.1, -0.05) is 18.2 Å². The smallest absolute Gasteiger partial charge is 0.237 e. The summed E-state index contributed by atoms with van der Waals surface area (Å²) in [5.41, 5.74) is 2.51. The predicted octanol–water partition coefficient (Wildman–Crippen LogP) is 1.86. The average molecular weight is 390 g/mol. The molecule has 2 aromatic heterocycles. The number of hydrogen-bond donors (Lipinski definition) is 2. The summed E-state index contributed by atoms with van der Waals surface area (Å²) in [5, 5.41) is 3.02. The lowest BCUT2D eigenvalue weighted by Gasteiger charge is -2.33. The van der Waals surface area contributed by atoms with E-state index < -0.39 is 11.5 Å². The molecule has 148 valence electrons. The van der Waals surface area contributed by atoms with Crippen LogP contribution in [0.1, 0.15) is 35.2 Å². The molecule has 2 amide bonds. The maximum Gasteiger partial charge on any atom is 0.237 e. The first kappa shape index (κ1) is 17.7. The number of carbonyl (C=O) groups excluding carboxylic acids is 2. The molecular weight excluding hydrogens is 368 g/mol. The van der Waals surface area contributed by atoms with E-state index in [1.54, 1.807) is 17.4 Å². The van der Waals surface area contributed by atoms with Crippen molar-refractivity contribution in [1.82, 2.24) is 24.4 Å². The number of nitrogens with one attached hydrogen (secondary N) is 2. The van der Waals surface area contributed by atoms with Crippen LogP contribution in [0.3, 0.4) is 0 Å². The fourth-order valence-corrected chi connectivity index (χ4v) is 4.76. The fourth-order valence-electron chi connectivity index (χ4n) is 4.76. The van der Waals surface area contributed by atoms with Crippen molar-refractivity contribution in [3.63, 3.8) is 0 Å². The molecule has 0 aliphatic carbocycles. The van der Waals surface area contributed by atoms with Crippen LogP contribution in [0.2, 0.25) is 0 Å². The Labute approximate surface area is 168 Å². The number of aromatic amines is 1. The Hall–Kier alpha value is -3.42. The Morgan fingerprint density at radius 3 is 2.86 bits per heavy atom. The number of imidazole rings is 2. The van der Waals surface area contributed by atoms with Crippen molar-refractivity contribution in [1.29, 1.82) is 0 Å². The second-order valence-electron chi connectivity index (χ2n) is 7.76. The summed E-state index contributed by atoms with van der Waals surface area (Å²) in [6, 6.07) is 7.27. The van der Waals surface area contributed by atoms with Gasteiger partial charge in [-0.05, 0) is 25.0 Å². The maximum atomic E-state index is 13.3. The van der Waals surface area contributed by atoms with E-state index in [2.05, 4.69) is 20.3 Å². The Kier molecular flexibility index (Phi) is 3.84. The summed E-state index contributed by atoms with van der Waals surface area (Å²) >= 11 is 0. The van der Waals surface area contributed by atoms with Crippen LogP contribution in [0.5, 0.6) is 0 Å². The van der Waals surface area contributed by atoms with E-state index in [0.29, 0.717) is 18.8 Å². The van der Waals surface area contributed by atoms with Gasteiger partial charge in [-0.25, -0.2) is 9.97 Å². The zero-order valence-corrected chi connectivity index (χ0v) is 16.3. The van der Waals surface area contributed by atoms with Gasteiger partial charge in [-0.15, -0.1) is 0 Å². The largest absolute Gasteiger partial charge is 0.348 e. The summed E-state index contributed by atoms with van der Waals surface area (Å²) < 4.78 is 1.89. The molecule has 1 aromatic carbocycles. The minimum absolute atomic E-state index is 0.0535. The minimum Gasteiger partial charge on any atom is -0.348 e. The number of benzene rings is 1. The molecule has 1 saturated heterocycles. The number of aromatic nitrogens is 4. The van der Waals surface area contributed by atoms with E-state index in [1.807, 2.05) is 49.0 Å². The first-order chi connectivity index (χ1) is 14.0. The van der Waals surface area contributed by atoms with Gasteiger partial charge in [0, 0.05) is 37.4 Å². The number of H-pyrrole nitrogens is 1. The number of nitrogens with zero attached hydrogens (tertiary/aromatic N) is 4. The molecule has 3 aromatic rings. The fraction of sp³-hybridized carbons (Fsp3) is 0.333. The van der Waals surface area contributed by atoms with Crippen LogP contribution in [0.4, 0.5) is 5.69 Å². The Bertz CT molecular complexity index is 1120. The SMILES string of the molecule is Cc1[nH]cnc1CC(=O)N1CC[C@]2(C(=O)Nc3ccccc32)[C@@H]1c1nccn1C. The first-order valence-electron chi connectivity index (χ1n) is 9.69. The van der Waals surface area contributed by atoms with Crippen LogP contribution in [0, 0.1) is 6.92 Å². The number of aryl methyl sites for hydroxylation is 2. The van der Waals surface area contributed by atoms with Gasteiger partial charge in [-0.3, -0.25) is 9.59 Å². The topological polar surface area (TPSA) is 95.9 Å². The third kappa shape index (κ3) is 2.45. The molecule has 0 radical (unpaired) electrons. The highest BCUT2D eigenvalue weighted by atomic mass is 16.2. The van der Waals surface area contributed by atoms with Gasteiger partial charge < -0.3 is 19.8 Å². The lowest BCUT2D eigenvalue weighted by Crippen LogP contribution is -2.44. The third-order valence-corrected chi connectivity index (χ3v) is 6.26. The molecule has 8 heteroatoms. The van der Waals surface area contributed by atoms with Crippen LogP contribution >= 0.6 is 0 Å². The molecule has 0 unspecified atom stereocenters. The van der Waals surface area contributed by atoms with Crippen molar-refractivity contribution in [2.24, 2.45) is 7.05 Å². The number of rotatable bonds is 3.